The second-order valence-corrected chi connectivity index (χ2v) is 7.22. The Kier molecular flexibility index (Phi) is 4.92. The van der Waals surface area contributed by atoms with Gasteiger partial charge < -0.3 is 14.5 Å². The predicted molar refractivity (Wildman–Crippen MR) is 102 cm³/mol. The van der Waals surface area contributed by atoms with Gasteiger partial charge in [0, 0.05) is 38.4 Å². The van der Waals surface area contributed by atoms with E-state index < -0.39 is 0 Å². The molecule has 0 aromatic carbocycles. The van der Waals surface area contributed by atoms with Gasteiger partial charge in [-0.1, -0.05) is 0 Å². The summed E-state index contributed by atoms with van der Waals surface area (Å²) in [6.45, 7) is 6.97. The molecule has 27 heavy (non-hydrogen) atoms. The van der Waals surface area contributed by atoms with Crippen molar-refractivity contribution in [3.63, 3.8) is 0 Å². The molecular formula is C20H25N5O2. The Bertz CT molecular complexity index is 835. The maximum absolute atomic E-state index is 12.8. The molecule has 0 unspecified atom stereocenters. The zero-order chi connectivity index (χ0) is 18.8. The van der Waals surface area contributed by atoms with Gasteiger partial charge in [-0.15, -0.1) is 0 Å². The molecule has 2 aromatic rings. The van der Waals surface area contributed by atoms with Crippen LogP contribution < -0.4 is 9.64 Å². The largest absolute Gasteiger partial charge is 0.485 e. The lowest BCUT2D eigenvalue weighted by molar-refractivity contribution is 0.0770. The van der Waals surface area contributed by atoms with Crippen LogP contribution in [0.1, 0.15) is 41.1 Å². The van der Waals surface area contributed by atoms with E-state index in [1.807, 2.05) is 37.1 Å². The van der Waals surface area contributed by atoms with E-state index in [1.54, 1.807) is 6.20 Å². The molecule has 2 aliphatic rings. The summed E-state index contributed by atoms with van der Waals surface area (Å²) in [5, 5.41) is 0. The average molecular weight is 367 g/mol. The van der Waals surface area contributed by atoms with E-state index in [1.165, 1.54) is 12.8 Å². The molecule has 0 N–H and O–H groups in total. The van der Waals surface area contributed by atoms with Gasteiger partial charge in [-0.25, -0.2) is 15.0 Å². The van der Waals surface area contributed by atoms with Gasteiger partial charge in [0.2, 0.25) is 0 Å². The van der Waals surface area contributed by atoms with E-state index >= 15 is 0 Å². The lowest BCUT2D eigenvalue weighted by Crippen LogP contribution is -2.32. The van der Waals surface area contributed by atoms with E-state index in [2.05, 4.69) is 19.9 Å². The van der Waals surface area contributed by atoms with Gasteiger partial charge >= 0.3 is 0 Å². The first-order valence-corrected chi connectivity index (χ1v) is 9.58. The second kappa shape index (κ2) is 7.50. The fraction of sp³-hybridized carbons (Fsp3) is 0.500. The zero-order valence-electron chi connectivity index (χ0n) is 15.9. The van der Waals surface area contributed by atoms with Gasteiger partial charge in [0.15, 0.2) is 11.6 Å². The predicted octanol–water partition coefficient (Wildman–Crippen LogP) is 2.38. The monoisotopic (exact) mass is 367 g/mol. The van der Waals surface area contributed by atoms with Gasteiger partial charge in [-0.2, -0.15) is 0 Å². The normalized spacial score (nSPS) is 19.6. The number of aryl methyl sites for hydroxylation is 2. The smallest absolute Gasteiger partial charge is 0.257 e. The van der Waals surface area contributed by atoms with E-state index in [0.717, 1.165) is 36.8 Å². The SMILES string of the molecule is Cc1ncc(C(=O)N2CC[C@H](Oc3cccnc3N3CCCC3)C2)c(C)n1. The second-order valence-electron chi connectivity index (χ2n) is 7.22. The lowest BCUT2D eigenvalue weighted by Gasteiger charge is -2.22. The fourth-order valence-electron chi connectivity index (χ4n) is 3.79. The highest BCUT2D eigenvalue weighted by atomic mass is 16.5. The molecule has 0 radical (unpaired) electrons. The average Bonchev–Trinajstić information content (AvgIpc) is 3.34. The molecule has 1 amide bonds. The molecule has 7 nitrogen and oxygen atoms in total. The van der Waals surface area contributed by atoms with Gasteiger partial charge in [0.1, 0.15) is 11.9 Å². The number of nitrogens with zero attached hydrogens (tertiary/aromatic N) is 5. The molecule has 7 heteroatoms. The van der Waals surface area contributed by atoms with E-state index in [4.69, 9.17) is 4.74 Å². The Labute approximate surface area is 159 Å². The summed E-state index contributed by atoms with van der Waals surface area (Å²) in [7, 11) is 0. The maximum Gasteiger partial charge on any atom is 0.257 e. The number of hydrogen-bond acceptors (Lipinski definition) is 6. The molecule has 0 spiro atoms. The Hall–Kier alpha value is -2.70. The minimum Gasteiger partial charge on any atom is -0.485 e. The van der Waals surface area contributed by atoms with E-state index in [0.29, 0.717) is 24.5 Å². The van der Waals surface area contributed by atoms with Gasteiger partial charge in [0.25, 0.3) is 5.91 Å². The van der Waals surface area contributed by atoms with Crippen molar-refractivity contribution in [3.05, 3.63) is 41.6 Å². The molecule has 1 atom stereocenters. The Balaban J connectivity index is 1.44. The number of hydrogen-bond donors (Lipinski definition) is 0. The molecule has 2 aliphatic heterocycles. The number of likely N-dealkylation sites (tertiary alicyclic amines) is 1. The Morgan fingerprint density at radius 1 is 1.19 bits per heavy atom. The lowest BCUT2D eigenvalue weighted by atomic mass is 10.2. The van der Waals surface area contributed by atoms with Gasteiger partial charge in [-0.05, 0) is 38.8 Å². The van der Waals surface area contributed by atoms with Crippen LogP contribution in [0.2, 0.25) is 0 Å². The van der Waals surface area contributed by atoms with Crippen LogP contribution in [0.4, 0.5) is 5.82 Å². The van der Waals surface area contributed by atoms with Crippen molar-refractivity contribution in [2.24, 2.45) is 0 Å². The summed E-state index contributed by atoms with van der Waals surface area (Å²) in [4.78, 5) is 29.9. The van der Waals surface area contributed by atoms with Crippen LogP contribution in [0, 0.1) is 13.8 Å². The van der Waals surface area contributed by atoms with E-state index in [-0.39, 0.29) is 12.0 Å². The minimum absolute atomic E-state index is 0.0221. The summed E-state index contributed by atoms with van der Waals surface area (Å²) in [6, 6.07) is 3.88. The number of pyridine rings is 1. The fourth-order valence-corrected chi connectivity index (χ4v) is 3.79. The van der Waals surface area contributed by atoms with Crippen molar-refractivity contribution in [3.8, 4) is 5.75 Å². The third-order valence-electron chi connectivity index (χ3n) is 5.21. The molecule has 0 saturated carbocycles. The van der Waals surface area contributed by atoms with Crippen LogP contribution in [0.5, 0.6) is 5.75 Å². The number of aromatic nitrogens is 3. The number of carbonyl (C=O) groups excluding carboxylic acids is 1. The quantitative estimate of drug-likeness (QED) is 0.826. The van der Waals surface area contributed by atoms with Crippen LogP contribution in [0.15, 0.2) is 24.5 Å². The molecule has 2 aromatic heterocycles. The third-order valence-corrected chi connectivity index (χ3v) is 5.21. The molecule has 142 valence electrons. The Morgan fingerprint density at radius 3 is 2.78 bits per heavy atom. The molecule has 0 bridgehead atoms. The van der Waals surface area contributed by atoms with Crippen LogP contribution in [-0.4, -0.2) is 58.0 Å². The van der Waals surface area contributed by atoms with Crippen molar-refractivity contribution in [1.82, 2.24) is 19.9 Å². The van der Waals surface area contributed by atoms with Crippen LogP contribution >= 0.6 is 0 Å². The first kappa shape index (κ1) is 17.7. The van der Waals surface area contributed by atoms with Crippen LogP contribution in [0.3, 0.4) is 0 Å². The van der Waals surface area contributed by atoms with Crippen molar-refractivity contribution in [1.29, 1.82) is 0 Å². The maximum atomic E-state index is 12.8. The van der Waals surface area contributed by atoms with Gasteiger partial charge in [0.05, 0.1) is 17.8 Å². The molecule has 0 aliphatic carbocycles. The first-order valence-electron chi connectivity index (χ1n) is 9.58. The topological polar surface area (TPSA) is 71.5 Å². The molecule has 4 heterocycles. The highest BCUT2D eigenvalue weighted by Gasteiger charge is 2.30. The number of anilines is 1. The standard InChI is InChI=1S/C20H25N5O2/c1-14-17(12-22-15(2)23-14)20(26)25-11-7-16(13-25)27-18-6-5-8-21-19(18)24-9-3-4-10-24/h5-6,8,12,16H,3-4,7,9-11,13H2,1-2H3/t16-/m0/s1. The number of carbonyl (C=O) groups is 1. The summed E-state index contributed by atoms with van der Waals surface area (Å²) >= 11 is 0. The third kappa shape index (κ3) is 3.72. The molecular weight excluding hydrogens is 342 g/mol. The molecule has 2 fully saturated rings. The van der Waals surface area contributed by atoms with Crippen molar-refractivity contribution in [2.75, 3.05) is 31.1 Å². The zero-order valence-corrected chi connectivity index (χ0v) is 15.9. The number of rotatable bonds is 4. The van der Waals surface area contributed by atoms with E-state index in [9.17, 15) is 4.79 Å². The first-order chi connectivity index (χ1) is 13.1. The summed E-state index contributed by atoms with van der Waals surface area (Å²) in [5.41, 5.74) is 1.29. The minimum atomic E-state index is -0.0236. The highest BCUT2D eigenvalue weighted by Crippen LogP contribution is 2.30. The summed E-state index contributed by atoms with van der Waals surface area (Å²) in [5.74, 6) is 2.39. The van der Waals surface area contributed by atoms with Crippen molar-refractivity contribution < 1.29 is 9.53 Å². The molecule has 2 saturated heterocycles. The Morgan fingerprint density at radius 2 is 2.00 bits per heavy atom. The number of amides is 1. The highest BCUT2D eigenvalue weighted by molar-refractivity contribution is 5.95. The van der Waals surface area contributed by atoms with Crippen molar-refractivity contribution in [2.45, 2.75) is 39.2 Å². The van der Waals surface area contributed by atoms with Crippen molar-refractivity contribution >= 4 is 11.7 Å². The van der Waals surface area contributed by atoms with Gasteiger partial charge in [-0.3, -0.25) is 4.79 Å². The summed E-state index contributed by atoms with van der Waals surface area (Å²) in [6.07, 6.45) is 6.61. The van der Waals surface area contributed by atoms with Crippen LogP contribution in [0.25, 0.3) is 0 Å². The summed E-state index contributed by atoms with van der Waals surface area (Å²) < 4.78 is 6.26. The molecule has 4 rings (SSSR count). The van der Waals surface area contributed by atoms with Crippen LogP contribution in [-0.2, 0) is 0 Å². The number of ether oxygens (including phenoxy) is 1.